The predicted octanol–water partition coefficient (Wildman–Crippen LogP) is 1.83. The van der Waals surface area contributed by atoms with Crippen LogP contribution in [0.4, 0.5) is 5.69 Å². The Morgan fingerprint density at radius 2 is 1.85 bits per heavy atom. The van der Waals surface area contributed by atoms with Gasteiger partial charge in [0, 0.05) is 17.3 Å². The lowest BCUT2D eigenvalue weighted by Crippen LogP contribution is -2.11. The summed E-state index contributed by atoms with van der Waals surface area (Å²) in [7, 11) is 0. The zero-order valence-corrected chi connectivity index (χ0v) is 11.2. The average Bonchev–Trinajstić information content (AvgIpc) is 2.39. The molecule has 0 spiro atoms. The summed E-state index contributed by atoms with van der Waals surface area (Å²) in [5.41, 5.74) is 0.769. The third-order valence-corrected chi connectivity index (χ3v) is 2.35. The highest BCUT2D eigenvalue weighted by atomic mass is 16.5. The van der Waals surface area contributed by atoms with Gasteiger partial charge in [0.1, 0.15) is 0 Å². The minimum Gasteiger partial charge on any atom is -0.478 e. The zero-order valence-electron chi connectivity index (χ0n) is 11.2. The lowest BCUT2D eigenvalue weighted by atomic mass is 10.2. The molecule has 6 heteroatoms. The van der Waals surface area contributed by atoms with Crippen LogP contribution < -0.4 is 5.32 Å². The number of carbonyl (C=O) groups is 3. The van der Waals surface area contributed by atoms with Gasteiger partial charge in [-0.25, -0.2) is 9.59 Å². The Balaban J connectivity index is 2.71. The molecule has 0 saturated carbocycles. The highest BCUT2D eigenvalue weighted by molar-refractivity contribution is 6.04. The molecule has 0 bridgehead atoms. The molecule has 6 nitrogen and oxygen atoms in total. The summed E-state index contributed by atoms with van der Waals surface area (Å²) in [6.07, 6.45) is 0.988. The summed E-state index contributed by atoms with van der Waals surface area (Å²) in [5, 5.41) is 11.1. The molecule has 0 aromatic heterocycles. The quantitative estimate of drug-likeness (QED) is 0.632. The van der Waals surface area contributed by atoms with Crippen LogP contribution in [0.15, 0.2) is 35.9 Å². The van der Waals surface area contributed by atoms with E-state index in [1.54, 1.807) is 6.92 Å². The Labute approximate surface area is 116 Å². The highest BCUT2D eigenvalue weighted by Gasteiger charge is 2.07. The standard InChI is InChI=1S/C14H15NO5/c1-3-20-14(19)10-4-6-11(7-5-10)15-12(16)8-9(2)13(17)18/h4-8H,3H2,1-2H3,(H,15,16)(H,17,18)/b9-8+. The molecule has 2 N–H and O–H groups in total. The summed E-state index contributed by atoms with van der Waals surface area (Å²) < 4.78 is 4.83. The number of carboxylic acid groups (broad SMARTS) is 1. The molecule has 0 fully saturated rings. The van der Waals surface area contributed by atoms with Gasteiger partial charge in [-0.15, -0.1) is 0 Å². The summed E-state index contributed by atoms with van der Waals surface area (Å²) in [5.74, 6) is -2.14. The molecule has 0 unspecified atom stereocenters. The van der Waals surface area contributed by atoms with Crippen LogP contribution in [-0.4, -0.2) is 29.6 Å². The van der Waals surface area contributed by atoms with Crippen molar-refractivity contribution in [3.8, 4) is 0 Å². The summed E-state index contributed by atoms with van der Waals surface area (Å²) >= 11 is 0. The van der Waals surface area contributed by atoms with E-state index in [1.807, 2.05) is 0 Å². The molecule has 0 saturated heterocycles. The van der Waals surface area contributed by atoms with Crippen molar-refractivity contribution in [3.05, 3.63) is 41.5 Å². The van der Waals surface area contributed by atoms with E-state index in [-0.39, 0.29) is 12.2 Å². The van der Waals surface area contributed by atoms with E-state index >= 15 is 0 Å². The molecule has 0 aliphatic heterocycles. The van der Waals surface area contributed by atoms with Gasteiger partial charge in [-0.1, -0.05) is 0 Å². The maximum absolute atomic E-state index is 11.5. The van der Waals surface area contributed by atoms with Crippen molar-refractivity contribution < 1.29 is 24.2 Å². The molecular formula is C14H15NO5. The van der Waals surface area contributed by atoms with E-state index < -0.39 is 17.8 Å². The second-order valence-electron chi connectivity index (χ2n) is 3.92. The summed E-state index contributed by atoms with van der Waals surface area (Å²) in [6.45, 7) is 3.33. The number of aliphatic carboxylic acids is 1. The van der Waals surface area contributed by atoms with Crippen LogP contribution in [0.5, 0.6) is 0 Å². The second-order valence-corrected chi connectivity index (χ2v) is 3.92. The van der Waals surface area contributed by atoms with Crippen molar-refractivity contribution in [1.29, 1.82) is 0 Å². The van der Waals surface area contributed by atoms with Crippen LogP contribution in [0.1, 0.15) is 24.2 Å². The van der Waals surface area contributed by atoms with Gasteiger partial charge in [0.15, 0.2) is 0 Å². The van der Waals surface area contributed by atoms with E-state index in [2.05, 4.69) is 5.32 Å². The fraction of sp³-hybridized carbons (Fsp3) is 0.214. The number of ether oxygens (including phenoxy) is 1. The number of amides is 1. The molecule has 0 heterocycles. The van der Waals surface area contributed by atoms with Crippen LogP contribution in [-0.2, 0) is 14.3 Å². The minimum absolute atomic E-state index is 0.0642. The Bertz CT molecular complexity index is 545. The first-order chi connectivity index (χ1) is 9.43. The van der Waals surface area contributed by atoms with E-state index in [0.717, 1.165) is 6.08 Å². The van der Waals surface area contributed by atoms with Crippen LogP contribution in [0.3, 0.4) is 0 Å². The van der Waals surface area contributed by atoms with Crippen molar-refractivity contribution in [1.82, 2.24) is 0 Å². The fourth-order valence-electron chi connectivity index (χ4n) is 1.34. The van der Waals surface area contributed by atoms with Gasteiger partial charge in [0.05, 0.1) is 12.2 Å². The second kappa shape index (κ2) is 7.08. The van der Waals surface area contributed by atoms with Gasteiger partial charge in [-0.2, -0.15) is 0 Å². The molecule has 1 rings (SSSR count). The molecule has 0 aliphatic carbocycles. The zero-order chi connectivity index (χ0) is 15.1. The van der Waals surface area contributed by atoms with Crippen LogP contribution in [0.25, 0.3) is 0 Å². The minimum atomic E-state index is -1.15. The van der Waals surface area contributed by atoms with Crippen molar-refractivity contribution in [2.75, 3.05) is 11.9 Å². The Kier molecular flexibility index (Phi) is 5.46. The largest absolute Gasteiger partial charge is 0.478 e. The maximum Gasteiger partial charge on any atom is 0.338 e. The molecule has 0 atom stereocenters. The van der Waals surface area contributed by atoms with E-state index in [4.69, 9.17) is 9.84 Å². The van der Waals surface area contributed by atoms with E-state index in [0.29, 0.717) is 11.3 Å². The van der Waals surface area contributed by atoms with Crippen molar-refractivity contribution in [2.45, 2.75) is 13.8 Å². The van der Waals surface area contributed by atoms with Gasteiger partial charge in [0.2, 0.25) is 5.91 Å². The van der Waals surface area contributed by atoms with E-state index in [9.17, 15) is 14.4 Å². The summed E-state index contributed by atoms with van der Waals surface area (Å²) in [4.78, 5) is 33.5. The lowest BCUT2D eigenvalue weighted by Gasteiger charge is -2.05. The lowest BCUT2D eigenvalue weighted by molar-refractivity contribution is -0.132. The molecular weight excluding hydrogens is 262 g/mol. The fourth-order valence-corrected chi connectivity index (χ4v) is 1.34. The molecule has 1 aromatic rings. The first kappa shape index (κ1) is 15.4. The number of esters is 1. The van der Waals surface area contributed by atoms with Crippen molar-refractivity contribution in [3.63, 3.8) is 0 Å². The predicted molar refractivity (Wildman–Crippen MR) is 72.4 cm³/mol. The van der Waals surface area contributed by atoms with Crippen molar-refractivity contribution >= 4 is 23.5 Å². The number of rotatable bonds is 5. The Morgan fingerprint density at radius 1 is 1.25 bits per heavy atom. The number of hydrogen-bond acceptors (Lipinski definition) is 4. The topological polar surface area (TPSA) is 92.7 Å². The Hall–Kier alpha value is -2.63. The number of anilines is 1. The number of nitrogens with one attached hydrogen (secondary N) is 1. The third kappa shape index (κ3) is 4.56. The normalized spacial score (nSPS) is 10.8. The average molecular weight is 277 g/mol. The number of hydrogen-bond donors (Lipinski definition) is 2. The van der Waals surface area contributed by atoms with E-state index in [1.165, 1.54) is 31.2 Å². The van der Waals surface area contributed by atoms with Crippen molar-refractivity contribution in [2.24, 2.45) is 0 Å². The van der Waals surface area contributed by atoms with Crippen LogP contribution >= 0.6 is 0 Å². The monoisotopic (exact) mass is 277 g/mol. The Morgan fingerprint density at radius 3 is 2.35 bits per heavy atom. The SMILES string of the molecule is CCOC(=O)c1ccc(NC(=O)/C=C(\C)C(=O)O)cc1. The molecule has 1 aromatic carbocycles. The van der Waals surface area contributed by atoms with Gasteiger partial charge in [-0.3, -0.25) is 4.79 Å². The van der Waals surface area contributed by atoms with Gasteiger partial charge >= 0.3 is 11.9 Å². The highest BCUT2D eigenvalue weighted by Crippen LogP contribution is 2.11. The first-order valence-corrected chi connectivity index (χ1v) is 5.93. The summed E-state index contributed by atoms with van der Waals surface area (Å²) in [6, 6.07) is 6.10. The smallest absolute Gasteiger partial charge is 0.338 e. The number of carbonyl (C=O) groups excluding carboxylic acids is 2. The van der Waals surface area contributed by atoms with Crippen LogP contribution in [0, 0.1) is 0 Å². The number of carboxylic acids is 1. The molecule has 20 heavy (non-hydrogen) atoms. The molecule has 0 radical (unpaired) electrons. The molecule has 1 amide bonds. The van der Waals surface area contributed by atoms with Crippen LogP contribution in [0.2, 0.25) is 0 Å². The number of benzene rings is 1. The first-order valence-electron chi connectivity index (χ1n) is 5.93. The third-order valence-electron chi connectivity index (χ3n) is 2.35. The maximum atomic E-state index is 11.5. The van der Waals surface area contributed by atoms with Gasteiger partial charge in [0.25, 0.3) is 0 Å². The van der Waals surface area contributed by atoms with Gasteiger partial charge in [-0.05, 0) is 38.1 Å². The molecule has 106 valence electrons. The molecule has 0 aliphatic rings. The van der Waals surface area contributed by atoms with Gasteiger partial charge < -0.3 is 15.2 Å².